The number of thiazole rings is 1. The molecule has 25 heavy (non-hydrogen) atoms. The van der Waals surface area contributed by atoms with E-state index in [2.05, 4.69) is 9.97 Å². The number of fused-ring (bicyclic) bond motifs is 1. The van der Waals surface area contributed by atoms with E-state index in [1.54, 1.807) is 28.5 Å². The summed E-state index contributed by atoms with van der Waals surface area (Å²) in [7, 11) is 0. The van der Waals surface area contributed by atoms with Crippen LogP contribution in [0.25, 0.3) is 16.4 Å². The van der Waals surface area contributed by atoms with E-state index in [4.69, 9.17) is 4.42 Å². The van der Waals surface area contributed by atoms with Gasteiger partial charge < -0.3 is 4.42 Å². The number of benzene rings is 1. The van der Waals surface area contributed by atoms with Crippen molar-refractivity contribution in [1.29, 1.82) is 0 Å². The van der Waals surface area contributed by atoms with Gasteiger partial charge in [0, 0.05) is 34.2 Å². The molecular formula is C18H15N3O2S2. The Hall–Kier alpha value is -2.38. The zero-order valence-corrected chi connectivity index (χ0v) is 15.1. The molecule has 3 aromatic heterocycles. The fraction of sp³-hybridized carbons (Fsp3) is 0.167. The molecule has 0 N–H and O–H groups in total. The van der Waals surface area contributed by atoms with Crippen molar-refractivity contribution in [2.75, 3.05) is 0 Å². The topological polar surface area (TPSA) is 60.4 Å². The molecule has 4 rings (SSSR count). The number of hydrogen-bond acceptors (Lipinski definition) is 6. The lowest BCUT2D eigenvalue weighted by Gasteiger charge is -2.01. The maximum absolute atomic E-state index is 12.2. The minimum Gasteiger partial charge on any atom is -0.444 e. The molecule has 0 aliphatic carbocycles. The molecule has 4 aromatic rings. The highest BCUT2D eigenvalue weighted by molar-refractivity contribution is 7.97. The lowest BCUT2D eigenvalue weighted by Crippen LogP contribution is -2.14. The molecule has 0 amide bonds. The van der Waals surface area contributed by atoms with Gasteiger partial charge in [-0.3, -0.25) is 9.20 Å². The monoisotopic (exact) mass is 369 g/mol. The maximum Gasteiger partial charge on any atom is 0.258 e. The molecule has 0 bridgehead atoms. The smallest absolute Gasteiger partial charge is 0.258 e. The minimum absolute atomic E-state index is 0.0212. The summed E-state index contributed by atoms with van der Waals surface area (Å²) in [5.41, 5.74) is 3.55. The molecule has 0 fully saturated rings. The van der Waals surface area contributed by atoms with Crippen LogP contribution in [0.5, 0.6) is 0 Å². The fourth-order valence-electron chi connectivity index (χ4n) is 2.52. The molecule has 0 radical (unpaired) electrons. The first-order valence-corrected chi connectivity index (χ1v) is 9.78. The summed E-state index contributed by atoms with van der Waals surface area (Å²) in [5, 5.41) is 1.95. The number of rotatable bonds is 5. The first-order valence-electron chi connectivity index (χ1n) is 7.75. The van der Waals surface area contributed by atoms with Crippen LogP contribution in [0, 0.1) is 6.92 Å². The molecular weight excluding hydrogens is 354 g/mol. The van der Waals surface area contributed by atoms with E-state index in [9.17, 15) is 4.79 Å². The van der Waals surface area contributed by atoms with Crippen LogP contribution in [0.1, 0.15) is 17.1 Å². The zero-order valence-electron chi connectivity index (χ0n) is 13.5. The first kappa shape index (κ1) is 16.1. The first-order chi connectivity index (χ1) is 12.2. The quantitative estimate of drug-likeness (QED) is 0.529. The van der Waals surface area contributed by atoms with Crippen LogP contribution in [0.4, 0.5) is 0 Å². The number of nitrogens with zero attached hydrogens (tertiary/aromatic N) is 3. The van der Waals surface area contributed by atoms with E-state index in [-0.39, 0.29) is 5.56 Å². The number of hydrogen-bond donors (Lipinski definition) is 0. The lowest BCUT2D eigenvalue weighted by atomic mass is 10.2. The molecule has 0 aliphatic heterocycles. The van der Waals surface area contributed by atoms with Gasteiger partial charge in [-0.05, 0) is 19.1 Å². The van der Waals surface area contributed by atoms with Crippen molar-refractivity contribution in [3.8, 4) is 11.5 Å². The summed E-state index contributed by atoms with van der Waals surface area (Å²) >= 11 is 3.15. The van der Waals surface area contributed by atoms with E-state index in [1.807, 2.05) is 42.6 Å². The third kappa shape index (κ3) is 3.38. The molecule has 0 saturated carbocycles. The third-order valence-corrected chi connectivity index (χ3v) is 5.64. The van der Waals surface area contributed by atoms with Gasteiger partial charge in [0.1, 0.15) is 6.26 Å². The molecule has 1 aromatic carbocycles. The molecule has 0 unspecified atom stereocenters. The van der Waals surface area contributed by atoms with E-state index in [0.717, 1.165) is 27.6 Å². The van der Waals surface area contributed by atoms with Gasteiger partial charge >= 0.3 is 0 Å². The van der Waals surface area contributed by atoms with Crippen molar-refractivity contribution in [1.82, 2.24) is 14.4 Å². The predicted octanol–water partition coefficient (Wildman–Crippen LogP) is 4.15. The van der Waals surface area contributed by atoms with Crippen LogP contribution in [-0.4, -0.2) is 14.4 Å². The van der Waals surface area contributed by atoms with Crippen molar-refractivity contribution < 1.29 is 4.42 Å². The van der Waals surface area contributed by atoms with Crippen LogP contribution in [0.3, 0.4) is 0 Å². The van der Waals surface area contributed by atoms with Crippen molar-refractivity contribution in [2.45, 2.75) is 18.4 Å². The fourth-order valence-corrected chi connectivity index (χ4v) is 4.21. The van der Waals surface area contributed by atoms with Crippen LogP contribution < -0.4 is 5.56 Å². The highest BCUT2D eigenvalue weighted by Gasteiger charge is 2.09. The highest BCUT2D eigenvalue weighted by atomic mass is 32.2. The number of aromatic nitrogens is 3. The Morgan fingerprint density at radius 1 is 1.16 bits per heavy atom. The van der Waals surface area contributed by atoms with Gasteiger partial charge in [0.2, 0.25) is 5.89 Å². The van der Waals surface area contributed by atoms with E-state index < -0.39 is 0 Å². The number of oxazole rings is 1. The molecule has 126 valence electrons. The molecule has 0 aliphatic rings. The van der Waals surface area contributed by atoms with Crippen molar-refractivity contribution >= 4 is 28.1 Å². The standard InChI is InChI=1S/C18H15N3O2S2/c1-12-9-25-18-20-14(7-16(22)21(12)18)10-24-11-15-8-23-17(19-15)13-5-3-2-4-6-13/h2-9H,10-11H2,1H3. The normalized spacial score (nSPS) is 11.2. The summed E-state index contributed by atoms with van der Waals surface area (Å²) in [4.78, 5) is 22.0. The molecule has 5 nitrogen and oxygen atoms in total. The zero-order chi connectivity index (χ0) is 17.2. The molecule has 0 saturated heterocycles. The SMILES string of the molecule is Cc1csc2nc(CSCc3coc(-c4ccccc4)n3)cc(=O)n12. The van der Waals surface area contributed by atoms with Gasteiger partial charge in [0.05, 0.1) is 11.4 Å². The van der Waals surface area contributed by atoms with Crippen molar-refractivity contribution in [3.05, 3.63) is 75.5 Å². The summed E-state index contributed by atoms with van der Waals surface area (Å²) in [5.74, 6) is 2.00. The van der Waals surface area contributed by atoms with Gasteiger partial charge in [-0.15, -0.1) is 23.1 Å². The Kier molecular flexibility index (Phi) is 4.42. The Morgan fingerprint density at radius 3 is 2.80 bits per heavy atom. The summed E-state index contributed by atoms with van der Waals surface area (Å²) in [6.07, 6.45) is 1.68. The van der Waals surface area contributed by atoms with E-state index >= 15 is 0 Å². The van der Waals surface area contributed by atoms with Gasteiger partial charge in [-0.25, -0.2) is 9.97 Å². The Labute approximate surface area is 152 Å². The minimum atomic E-state index is -0.0212. The highest BCUT2D eigenvalue weighted by Crippen LogP contribution is 2.22. The largest absolute Gasteiger partial charge is 0.444 e. The van der Waals surface area contributed by atoms with Gasteiger partial charge in [0.25, 0.3) is 5.56 Å². The maximum atomic E-state index is 12.2. The van der Waals surface area contributed by atoms with Crippen LogP contribution in [0.15, 0.2) is 57.3 Å². The Bertz CT molecular complexity index is 1070. The molecule has 7 heteroatoms. The summed E-state index contributed by atoms with van der Waals surface area (Å²) < 4.78 is 7.18. The molecule has 3 heterocycles. The second-order valence-corrected chi connectivity index (χ2v) is 7.41. The lowest BCUT2D eigenvalue weighted by molar-refractivity contribution is 0.573. The van der Waals surface area contributed by atoms with Crippen LogP contribution in [0.2, 0.25) is 0 Å². The Morgan fingerprint density at radius 2 is 1.96 bits per heavy atom. The number of thioether (sulfide) groups is 1. The second-order valence-electron chi connectivity index (χ2n) is 5.58. The van der Waals surface area contributed by atoms with Gasteiger partial charge in [0.15, 0.2) is 4.96 Å². The van der Waals surface area contributed by atoms with Gasteiger partial charge in [-0.1, -0.05) is 18.2 Å². The summed E-state index contributed by atoms with van der Waals surface area (Å²) in [6.45, 7) is 1.91. The Balaban J connectivity index is 1.43. The van der Waals surface area contributed by atoms with Crippen molar-refractivity contribution in [3.63, 3.8) is 0 Å². The third-order valence-electron chi connectivity index (χ3n) is 3.70. The van der Waals surface area contributed by atoms with E-state index in [0.29, 0.717) is 17.4 Å². The second kappa shape index (κ2) is 6.85. The molecule has 0 spiro atoms. The average molecular weight is 369 g/mol. The predicted molar refractivity (Wildman–Crippen MR) is 101 cm³/mol. The average Bonchev–Trinajstić information content (AvgIpc) is 3.23. The summed E-state index contributed by atoms with van der Waals surface area (Å²) in [6, 6.07) is 11.4. The molecule has 0 atom stereocenters. The van der Waals surface area contributed by atoms with Crippen molar-refractivity contribution in [2.24, 2.45) is 0 Å². The van der Waals surface area contributed by atoms with E-state index in [1.165, 1.54) is 11.3 Å². The number of aryl methyl sites for hydroxylation is 1. The van der Waals surface area contributed by atoms with Gasteiger partial charge in [-0.2, -0.15) is 0 Å². The van der Waals surface area contributed by atoms with Crippen LogP contribution >= 0.6 is 23.1 Å². The van der Waals surface area contributed by atoms with Crippen LogP contribution in [-0.2, 0) is 11.5 Å².